The molecule has 1 atom stereocenters. The molecule has 0 aliphatic heterocycles. The van der Waals surface area contributed by atoms with E-state index in [0.717, 1.165) is 54.2 Å². The van der Waals surface area contributed by atoms with Crippen molar-refractivity contribution in [2.45, 2.75) is 66.7 Å². The number of aldehydes is 1. The van der Waals surface area contributed by atoms with E-state index in [1.807, 2.05) is 52.0 Å². The minimum absolute atomic E-state index is 0.139. The number of nitrogens with zero attached hydrogens (tertiary/aromatic N) is 1. The minimum atomic E-state index is -0.139. The maximum Gasteiger partial charge on any atom is 0.162 e. The Morgan fingerprint density at radius 2 is 1.50 bits per heavy atom. The third-order valence-corrected chi connectivity index (χ3v) is 6.40. The molecular formula is C36H47NO3. The maximum atomic E-state index is 12.1. The topological polar surface area (TPSA) is 66.7 Å². The van der Waals surface area contributed by atoms with Crippen LogP contribution >= 0.6 is 0 Å². The molecule has 0 fully saturated rings. The molecule has 0 aromatic heterocycles. The van der Waals surface area contributed by atoms with E-state index in [0.29, 0.717) is 13.0 Å². The molecule has 4 heteroatoms. The van der Waals surface area contributed by atoms with Gasteiger partial charge in [0.2, 0.25) is 0 Å². The van der Waals surface area contributed by atoms with Crippen LogP contribution in [-0.4, -0.2) is 36.5 Å². The summed E-state index contributed by atoms with van der Waals surface area (Å²) in [6.07, 6.45) is 3.23. The third-order valence-electron chi connectivity index (χ3n) is 6.40. The second-order valence-electron chi connectivity index (χ2n) is 10.6. The number of Topliss-reactive ketones (excluding diaryl/α,β-unsaturated/α-hetero) is 1. The molecule has 0 aliphatic carbocycles. The lowest BCUT2D eigenvalue weighted by molar-refractivity contribution is -0.113. The van der Waals surface area contributed by atoms with Gasteiger partial charge in [-0.15, -0.1) is 0 Å². The Hall–Kier alpha value is -3.63. The summed E-state index contributed by atoms with van der Waals surface area (Å²) >= 11 is 0. The molecule has 0 aliphatic rings. The van der Waals surface area contributed by atoms with Gasteiger partial charge in [0.15, 0.2) is 5.78 Å². The van der Waals surface area contributed by atoms with Crippen LogP contribution in [0.15, 0.2) is 96.0 Å². The summed E-state index contributed by atoms with van der Waals surface area (Å²) in [7, 11) is 1.00. The van der Waals surface area contributed by atoms with Crippen molar-refractivity contribution in [2.24, 2.45) is 10.4 Å². The van der Waals surface area contributed by atoms with Gasteiger partial charge in [0, 0.05) is 48.1 Å². The zero-order chi connectivity index (χ0) is 30.1. The molecule has 3 aromatic rings. The van der Waals surface area contributed by atoms with Crippen molar-refractivity contribution >= 4 is 17.8 Å². The molecule has 0 radical (unpaired) electrons. The number of aliphatic hydroxyl groups is 1. The Bertz CT molecular complexity index is 1240. The van der Waals surface area contributed by atoms with Gasteiger partial charge >= 0.3 is 0 Å². The van der Waals surface area contributed by atoms with Crippen molar-refractivity contribution in [3.63, 3.8) is 0 Å². The SMILES string of the molecule is C=C(CCN=C(c1ccccc1)c1ccccc1CC)C(C)c1cccc(C(=O)CC)c1.CC(C)(C)C=O.CO. The van der Waals surface area contributed by atoms with E-state index >= 15 is 0 Å². The largest absolute Gasteiger partial charge is 0.400 e. The fourth-order valence-electron chi connectivity index (χ4n) is 3.94. The Morgan fingerprint density at radius 3 is 2.08 bits per heavy atom. The second kappa shape index (κ2) is 17.9. The average Bonchev–Trinajstić information content (AvgIpc) is 2.99. The van der Waals surface area contributed by atoms with Gasteiger partial charge in [0.05, 0.1) is 5.71 Å². The number of rotatable bonds is 10. The minimum Gasteiger partial charge on any atom is -0.400 e. The summed E-state index contributed by atoms with van der Waals surface area (Å²) in [5, 5.41) is 7.00. The monoisotopic (exact) mass is 541 g/mol. The molecule has 0 heterocycles. The number of ketones is 1. The molecule has 3 aromatic carbocycles. The predicted octanol–water partition coefficient (Wildman–Crippen LogP) is 8.27. The smallest absolute Gasteiger partial charge is 0.162 e. The first-order valence-corrected chi connectivity index (χ1v) is 14.0. The number of carbonyl (C=O) groups excluding carboxylic acids is 2. The number of aryl methyl sites for hydroxylation is 1. The Balaban J connectivity index is 0.000000885. The maximum absolute atomic E-state index is 12.1. The van der Waals surface area contributed by atoms with E-state index in [1.54, 1.807) is 0 Å². The van der Waals surface area contributed by atoms with Crippen LogP contribution in [0.25, 0.3) is 0 Å². The van der Waals surface area contributed by atoms with Crippen molar-refractivity contribution in [2.75, 3.05) is 13.7 Å². The van der Waals surface area contributed by atoms with Crippen molar-refractivity contribution in [3.8, 4) is 0 Å². The van der Waals surface area contributed by atoms with Gasteiger partial charge in [-0.25, -0.2) is 0 Å². The van der Waals surface area contributed by atoms with Crippen LogP contribution in [-0.2, 0) is 11.2 Å². The van der Waals surface area contributed by atoms with Gasteiger partial charge in [-0.1, -0.05) is 126 Å². The Kier molecular flexibility index (Phi) is 15.4. The summed E-state index contributed by atoms with van der Waals surface area (Å²) in [6.45, 7) is 16.9. The highest BCUT2D eigenvalue weighted by molar-refractivity contribution is 6.13. The van der Waals surface area contributed by atoms with Crippen molar-refractivity contribution in [1.29, 1.82) is 0 Å². The molecule has 1 unspecified atom stereocenters. The number of aliphatic hydroxyl groups excluding tert-OH is 1. The number of carbonyl (C=O) groups is 2. The fraction of sp³-hybridized carbons (Fsp3) is 0.361. The van der Waals surface area contributed by atoms with Gasteiger partial charge in [0.1, 0.15) is 6.29 Å². The average molecular weight is 542 g/mol. The summed E-state index contributed by atoms with van der Waals surface area (Å²) in [5.41, 5.74) is 7.59. The van der Waals surface area contributed by atoms with E-state index < -0.39 is 0 Å². The van der Waals surface area contributed by atoms with Crippen LogP contribution < -0.4 is 0 Å². The zero-order valence-electron chi connectivity index (χ0n) is 25.4. The van der Waals surface area contributed by atoms with E-state index in [4.69, 9.17) is 10.1 Å². The summed E-state index contributed by atoms with van der Waals surface area (Å²) < 4.78 is 0. The van der Waals surface area contributed by atoms with Crippen LogP contribution in [0.5, 0.6) is 0 Å². The van der Waals surface area contributed by atoms with Crippen molar-refractivity contribution in [3.05, 3.63) is 119 Å². The lowest BCUT2D eigenvalue weighted by Crippen LogP contribution is -2.08. The lowest BCUT2D eigenvalue weighted by atomic mass is 9.90. The second-order valence-corrected chi connectivity index (χ2v) is 10.6. The molecule has 0 amide bonds. The molecule has 0 saturated heterocycles. The number of hydrogen-bond donors (Lipinski definition) is 1. The lowest BCUT2D eigenvalue weighted by Gasteiger charge is -2.16. The molecule has 0 spiro atoms. The normalized spacial score (nSPS) is 11.8. The van der Waals surface area contributed by atoms with Gasteiger partial charge < -0.3 is 9.90 Å². The van der Waals surface area contributed by atoms with E-state index in [9.17, 15) is 9.59 Å². The summed E-state index contributed by atoms with van der Waals surface area (Å²) in [5.74, 6) is 0.356. The van der Waals surface area contributed by atoms with Gasteiger partial charge in [-0.2, -0.15) is 0 Å². The third kappa shape index (κ3) is 11.2. The number of hydrogen-bond acceptors (Lipinski definition) is 4. The first kappa shape index (κ1) is 34.4. The van der Waals surface area contributed by atoms with Gasteiger partial charge in [-0.3, -0.25) is 9.79 Å². The Labute approximate surface area is 241 Å². The van der Waals surface area contributed by atoms with E-state index in [-0.39, 0.29) is 17.1 Å². The quantitative estimate of drug-likeness (QED) is 0.122. The van der Waals surface area contributed by atoms with Gasteiger partial charge in [0.25, 0.3) is 0 Å². The van der Waals surface area contributed by atoms with Gasteiger partial charge in [-0.05, 0) is 30.0 Å². The number of aliphatic imine (C=N–C) groups is 1. The highest BCUT2D eigenvalue weighted by Crippen LogP contribution is 2.26. The molecule has 1 N–H and O–H groups in total. The fourth-order valence-corrected chi connectivity index (χ4v) is 3.94. The highest BCUT2D eigenvalue weighted by Gasteiger charge is 2.14. The molecule has 0 saturated carbocycles. The summed E-state index contributed by atoms with van der Waals surface area (Å²) in [4.78, 5) is 27.0. The molecule has 0 bridgehead atoms. The van der Waals surface area contributed by atoms with Crippen LogP contribution in [0.2, 0.25) is 0 Å². The zero-order valence-corrected chi connectivity index (χ0v) is 25.4. The van der Waals surface area contributed by atoms with E-state index in [2.05, 4.69) is 75.0 Å². The number of benzene rings is 3. The highest BCUT2D eigenvalue weighted by atomic mass is 16.2. The molecule has 4 nitrogen and oxygen atoms in total. The molecule has 40 heavy (non-hydrogen) atoms. The van der Waals surface area contributed by atoms with Crippen molar-refractivity contribution in [1.82, 2.24) is 0 Å². The predicted molar refractivity (Wildman–Crippen MR) is 170 cm³/mol. The first-order valence-electron chi connectivity index (χ1n) is 14.0. The molecule has 3 rings (SSSR count). The standard InChI is InChI=1S/C30H33NO.C5H10O.CH4O/c1-5-24-13-10-11-18-28(24)30(25-14-8-7-9-15-25)31-20-19-22(3)23(4)26-16-12-17-27(21-26)29(32)6-2;1-5(2,3)4-6;1-2/h7-18,21,23H,3,5-6,19-20H2,1-2,4H3;4H,1-3H3;2H,1H3. The van der Waals surface area contributed by atoms with E-state index in [1.165, 1.54) is 11.1 Å². The Morgan fingerprint density at radius 1 is 0.925 bits per heavy atom. The summed E-state index contributed by atoms with van der Waals surface area (Å²) in [6, 6.07) is 26.9. The molecule has 214 valence electrons. The van der Waals surface area contributed by atoms with Crippen LogP contribution in [0.4, 0.5) is 0 Å². The van der Waals surface area contributed by atoms with Crippen molar-refractivity contribution < 1.29 is 14.7 Å². The molecular weight excluding hydrogens is 494 g/mol. The van der Waals surface area contributed by atoms with Crippen LogP contribution in [0.1, 0.15) is 92.9 Å². The first-order chi connectivity index (χ1) is 19.1. The van der Waals surface area contributed by atoms with Crippen LogP contribution in [0, 0.1) is 5.41 Å². The van der Waals surface area contributed by atoms with Crippen LogP contribution in [0.3, 0.4) is 0 Å².